The van der Waals surface area contributed by atoms with Crippen molar-refractivity contribution in [2.24, 2.45) is 0 Å². The number of nitrogens with zero attached hydrogens (tertiary/aromatic N) is 1. The molecule has 1 aromatic heterocycles. The first kappa shape index (κ1) is 9.19. The molecule has 0 atom stereocenters. The Hall–Kier alpha value is -1.38. The van der Waals surface area contributed by atoms with E-state index in [0.717, 1.165) is 30.5 Å². The van der Waals surface area contributed by atoms with Gasteiger partial charge in [-0.25, -0.2) is 0 Å². The van der Waals surface area contributed by atoms with Crippen LogP contribution in [0.1, 0.15) is 31.0 Å². The first-order valence-corrected chi connectivity index (χ1v) is 4.88. The molecule has 0 spiro atoms. The monoisotopic (exact) mass is 191 g/mol. The second-order valence-corrected chi connectivity index (χ2v) is 3.78. The van der Waals surface area contributed by atoms with Gasteiger partial charge in [0.2, 0.25) is 0 Å². The van der Waals surface area contributed by atoms with E-state index in [2.05, 4.69) is 4.98 Å². The molecule has 0 unspecified atom stereocenters. The van der Waals surface area contributed by atoms with E-state index in [1.54, 1.807) is 6.20 Å². The quantitative estimate of drug-likeness (QED) is 0.792. The maximum atomic E-state index is 11.0. The lowest BCUT2D eigenvalue weighted by Crippen LogP contribution is -2.19. The summed E-state index contributed by atoms with van der Waals surface area (Å²) < 4.78 is 0. The molecule has 0 aromatic carbocycles. The third kappa shape index (κ3) is 1.29. The third-order valence-electron chi connectivity index (χ3n) is 2.90. The van der Waals surface area contributed by atoms with Gasteiger partial charge in [-0.05, 0) is 30.9 Å². The molecule has 1 aromatic rings. The second kappa shape index (κ2) is 3.08. The van der Waals surface area contributed by atoms with Crippen molar-refractivity contribution in [2.45, 2.75) is 31.6 Å². The minimum absolute atomic E-state index is 0.612. The molecule has 14 heavy (non-hydrogen) atoms. The Morgan fingerprint density at radius 1 is 1.57 bits per heavy atom. The topological polar surface area (TPSA) is 50.2 Å². The molecule has 1 aliphatic rings. The maximum absolute atomic E-state index is 11.0. The lowest BCUT2D eigenvalue weighted by molar-refractivity contribution is -0.140. The van der Waals surface area contributed by atoms with E-state index in [1.165, 1.54) is 0 Å². The summed E-state index contributed by atoms with van der Waals surface area (Å²) in [6, 6.07) is 3.81. The Labute approximate surface area is 82.8 Å². The van der Waals surface area contributed by atoms with Crippen LogP contribution in [0.25, 0.3) is 0 Å². The largest absolute Gasteiger partial charge is 0.481 e. The molecule has 0 bridgehead atoms. The predicted octanol–water partition coefficient (Wildman–Crippen LogP) is 1.76. The van der Waals surface area contributed by atoms with Gasteiger partial charge >= 0.3 is 5.97 Å². The summed E-state index contributed by atoms with van der Waals surface area (Å²) >= 11 is 0. The van der Waals surface area contributed by atoms with Crippen molar-refractivity contribution in [1.29, 1.82) is 0 Å². The lowest BCUT2D eigenvalue weighted by Gasteiger charge is -2.09. The van der Waals surface area contributed by atoms with Gasteiger partial charge in [-0.1, -0.05) is 13.0 Å². The van der Waals surface area contributed by atoms with Crippen LogP contribution in [-0.4, -0.2) is 16.1 Å². The Morgan fingerprint density at radius 2 is 2.29 bits per heavy atom. The zero-order valence-corrected chi connectivity index (χ0v) is 8.16. The zero-order valence-electron chi connectivity index (χ0n) is 8.16. The number of aliphatic carboxylic acids is 1. The highest BCUT2D eigenvalue weighted by Gasteiger charge is 2.51. The molecule has 0 radical (unpaired) electrons. The first-order valence-electron chi connectivity index (χ1n) is 4.88. The van der Waals surface area contributed by atoms with Gasteiger partial charge in [-0.2, -0.15) is 0 Å². The summed E-state index contributed by atoms with van der Waals surface area (Å²) in [7, 11) is 0. The van der Waals surface area contributed by atoms with Crippen molar-refractivity contribution < 1.29 is 9.90 Å². The summed E-state index contributed by atoms with van der Waals surface area (Å²) in [6.45, 7) is 2.03. The number of pyridine rings is 1. The lowest BCUT2D eigenvalue weighted by atomic mass is 9.98. The molecule has 74 valence electrons. The van der Waals surface area contributed by atoms with Crippen molar-refractivity contribution in [2.75, 3.05) is 0 Å². The van der Waals surface area contributed by atoms with Crippen LogP contribution in [0.4, 0.5) is 0 Å². The fourth-order valence-corrected chi connectivity index (χ4v) is 1.67. The van der Waals surface area contributed by atoms with Crippen molar-refractivity contribution in [1.82, 2.24) is 4.98 Å². The van der Waals surface area contributed by atoms with E-state index in [1.807, 2.05) is 19.1 Å². The van der Waals surface area contributed by atoms with Crippen molar-refractivity contribution in [3.8, 4) is 0 Å². The minimum Gasteiger partial charge on any atom is -0.481 e. The van der Waals surface area contributed by atoms with Gasteiger partial charge in [0.05, 0.1) is 5.41 Å². The number of aryl methyl sites for hydroxylation is 1. The zero-order chi connectivity index (χ0) is 10.2. The van der Waals surface area contributed by atoms with Crippen LogP contribution in [0.5, 0.6) is 0 Å². The SMILES string of the molecule is CCc1ccc(C2(C(=O)O)CC2)cn1. The van der Waals surface area contributed by atoms with Crippen LogP contribution in [0.3, 0.4) is 0 Å². The van der Waals surface area contributed by atoms with Gasteiger partial charge in [0.1, 0.15) is 0 Å². The first-order chi connectivity index (χ1) is 6.69. The highest BCUT2D eigenvalue weighted by Crippen LogP contribution is 2.48. The molecule has 1 heterocycles. The molecule has 1 saturated carbocycles. The van der Waals surface area contributed by atoms with E-state index in [4.69, 9.17) is 5.11 Å². The molecule has 0 aliphatic heterocycles. The van der Waals surface area contributed by atoms with Gasteiger partial charge in [-0.3, -0.25) is 9.78 Å². The molecule has 1 fully saturated rings. The molecule has 2 rings (SSSR count). The normalized spacial score (nSPS) is 17.8. The summed E-state index contributed by atoms with van der Waals surface area (Å²) in [4.78, 5) is 15.2. The minimum atomic E-state index is -0.719. The average molecular weight is 191 g/mol. The van der Waals surface area contributed by atoms with Crippen LogP contribution in [0, 0.1) is 0 Å². The molecule has 3 nitrogen and oxygen atoms in total. The number of rotatable bonds is 3. The molecule has 0 saturated heterocycles. The molecule has 1 N–H and O–H groups in total. The Morgan fingerprint density at radius 3 is 2.64 bits per heavy atom. The van der Waals surface area contributed by atoms with E-state index >= 15 is 0 Å². The van der Waals surface area contributed by atoms with Gasteiger partial charge in [-0.15, -0.1) is 0 Å². The van der Waals surface area contributed by atoms with Gasteiger partial charge in [0, 0.05) is 11.9 Å². The van der Waals surface area contributed by atoms with Crippen molar-refractivity contribution in [3.05, 3.63) is 29.6 Å². The number of carboxylic acids is 1. The number of hydrogen-bond acceptors (Lipinski definition) is 2. The van der Waals surface area contributed by atoms with Gasteiger partial charge < -0.3 is 5.11 Å². The Kier molecular flexibility index (Phi) is 2.02. The summed E-state index contributed by atoms with van der Waals surface area (Å²) in [5, 5.41) is 9.06. The number of carbonyl (C=O) groups is 1. The van der Waals surface area contributed by atoms with E-state index < -0.39 is 11.4 Å². The Balaban J connectivity index is 2.29. The van der Waals surface area contributed by atoms with Crippen molar-refractivity contribution >= 4 is 5.97 Å². The van der Waals surface area contributed by atoms with E-state index in [0.29, 0.717) is 0 Å². The fraction of sp³-hybridized carbons (Fsp3) is 0.455. The molecule has 1 aliphatic carbocycles. The second-order valence-electron chi connectivity index (χ2n) is 3.78. The smallest absolute Gasteiger partial charge is 0.314 e. The van der Waals surface area contributed by atoms with Gasteiger partial charge in [0.15, 0.2) is 0 Å². The van der Waals surface area contributed by atoms with Crippen LogP contribution in [0.15, 0.2) is 18.3 Å². The van der Waals surface area contributed by atoms with Crippen LogP contribution < -0.4 is 0 Å². The highest BCUT2D eigenvalue weighted by molar-refractivity contribution is 5.84. The Bertz CT molecular complexity index is 352. The van der Waals surface area contributed by atoms with E-state index in [9.17, 15) is 4.79 Å². The van der Waals surface area contributed by atoms with Crippen LogP contribution in [0.2, 0.25) is 0 Å². The molecule has 0 amide bonds. The fourth-order valence-electron chi connectivity index (χ4n) is 1.67. The predicted molar refractivity (Wildman–Crippen MR) is 52.2 cm³/mol. The third-order valence-corrected chi connectivity index (χ3v) is 2.90. The highest BCUT2D eigenvalue weighted by atomic mass is 16.4. The number of hydrogen-bond donors (Lipinski definition) is 1. The maximum Gasteiger partial charge on any atom is 0.314 e. The summed E-state index contributed by atoms with van der Waals surface area (Å²) in [6.07, 6.45) is 4.09. The number of carboxylic acid groups (broad SMARTS) is 1. The summed E-state index contributed by atoms with van der Waals surface area (Å²) in [5.74, 6) is -0.719. The molecule has 3 heteroatoms. The standard InChI is InChI=1S/C11H13NO2/c1-2-9-4-3-8(7-12-9)11(5-6-11)10(13)14/h3-4,7H,2,5-6H2,1H3,(H,13,14). The summed E-state index contributed by atoms with van der Waals surface area (Å²) in [5.41, 5.74) is 1.25. The van der Waals surface area contributed by atoms with Crippen LogP contribution in [-0.2, 0) is 16.6 Å². The van der Waals surface area contributed by atoms with Gasteiger partial charge in [0.25, 0.3) is 0 Å². The van der Waals surface area contributed by atoms with E-state index in [-0.39, 0.29) is 0 Å². The average Bonchev–Trinajstić information content (AvgIpc) is 2.99. The molecular formula is C11H13NO2. The molecular weight excluding hydrogens is 178 g/mol. The van der Waals surface area contributed by atoms with Crippen LogP contribution >= 0.6 is 0 Å². The number of aromatic nitrogens is 1. The van der Waals surface area contributed by atoms with Crippen molar-refractivity contribution in [3.63, 3.8) is 0 Å².